The van der Waals surface area contributed by atoms with Crippen molar-refractivity contribution in [3.8, 4) is 11.6 Å². The van der Waals surface area contributed by atoms with Crippen LogP contribution in [0.2, 0.25) is 0 Å². The number of hydrogen-bond acceptors (Lipinski definition) is 6. The molecule has 2 aromatic heterocycles. The van der Waals surface area contributed by atoms with Gasteiger partial charge in [0.15, 0.2) is 0 Å². The molecule has 0 saturated carbocycles. The molecule has 1 aliphatic rings. The molecule has 17 heavy (non-hydrogen) atoms. The molecule has 1 saturated heterocycles. The fourth-order valence-electron chi connectivity index (χ4n) is 1.69. The van der Waals surface area contributed by atoms with Crippen LogP contribution < -0.4 is 5.32 Å². The molecule has 1 N–H and O–H groups in total. The minimum atomic E-state index is -0.134. The zero-order chi connectivity index (χ0) is 11.5. The fourth-order valence-corrected chi connectivity index (χ4v) is 1.69. The van der Waals surface area contributed by atoms with E-state index in [-0.39, 0.29) is 6.10 Å². The van der Waals surface area contributed by atoms with Gasteiger partial charge >= 0.3 is 0 Å². The highest BCUT2D eigenvalue weighted by atomic mass is 16.5. The molecule has 0 aromatic carbocycles. The molecular weight excluding hydrogens is 220 g/mol. The lowest BCUT2D eigenvalue weighted by molar-refractivity contribution is 0.0208. The number of ether oxygens (including phenoxy) is 1. The van der Waals surface area contributed by atoms with Gasteiger partial charge in [0.2, 0.25) is 5.82 Å². The molecule has 6 nitrogen and oxygen atoms in total. The molecule has 0 aliphatic carbocycles. The van der Waals surface area contributed by atoms with Crippen molar-refractivity contribution in [2.24, 2.45) is 0 Å². The van der Waals surface area contributed by atoms with Crippen LogP contribution in [0.3, 0.4) is 0 Å². The summed E-state index contributed by atoms with van der Waals surface area (Å²) in [4.78, 5) is 8.45. The van der Waals surface area contributed by atoms with Crippen molar-refractivity contribution in [2.45, 2.75) is 6.10 Å². The number of nitrogens with one attached hydrogen (secondary N) is 1. The van der Waals surface area contributed by atoms with Crippen LogP contribution in [0.1, 0.15) is 11.9 Å². The van der Waals surface area contributed by atoms with Crippen molar-refractivity contribution in [3.63, 3.8) is 0 Å². The Balaban J connectivity index is 1.83. The van der Waals surface area contributed by atoms with Gasteiger partial charge in [-0.05, 0) is 12.1 Å². The Bertz CT molecular complexity index is 479. The van der Waals surface area contributed by atoms with Gasteiger partial charge in [0.1, 0.15) is 11.8 Å². The van der Waals surface area contributed by atoms with Gasteiger partial charge in [-0.2, -0.15) is 4.98 Å². The van der Waals surface area contributed by atoms with Crippen LogP contribution in [0.4, 0.5) is 0 Å². The Hall–Kier alpha value is -1.79. The quantitative estimate of drug-likeness (QED) is 0.825. The monoisotopic (exact) mass is 232 g/mol. The SMILES string of the molecule is c1ccc(-c2nc(C3CNCCO3)no2)nc1. The molecule has 0 spiro atoms. The molecule has 0 bridgehead atoms. The first-order valence-electron chi connectivity index (χ1n) is 5.51. The Morgan fingerprint density at radius 2 is 2.35 bits per heavy atom. The topological polar surface area (TPSA) is 73.1 Å². The molecule has 88 valence electrons. The summed E-state index contributed by atoms with van der Waals surface area (Å²) < 4.78 is 10.7. The molecule has 3 rings (SSSR count). The highest BCUT2D eigenvalue weighted by Crippen LogP contribution is 2.19. The van der Waals surface area contributed by atoms with E-state index in [1.54, 1.807) is 6.20 Å². The summed E-state index contributed by atoms with van der Waals surface area (Å²) in [6.07, 6.45) is 1.56. The first-order valence-corrected chi connectivity index (χ1v) is 5.51. The van der Waals surface area contributed by atoms with Crippen molar-refractivity contribution in [2.75, 3.05) is 19.7 Å². The fraction of sp³-hybridized carbons (Fsp3) is 0.364. The van der Waals surface area contributed by atoms with Crippen molar-refractivity contribution in [1.29, 1.82) is 0 Å². The average Bonchev–Trinajstić information content (AvgIpc) is 2.90. The van der Waals surface area contributed by atoms with Crippen LogP contribution in [0.5, 0.6) is 0 Å². The van der Waals surface area contributed by atoms with Crippen molar-refractivity contribution >= 4 is 0 Å². The van der Waals surface area contributed by atoms with Gasteiger partial charge in [-0.1, -0.05) is 11.2 Å². The van der Waals surface area contributed by atoms with Crippen LogP contribution in [0, 0.1) is 0 Å². The number of pyridine rings is 1. The van der Waals surface area contributed by atoms with E-state index in [2.05, 4.69) is 20.4 Å². The third-order valence-electron chi connectivity index (χ3n) is 2.54. The number of aromatic nitrogens is 3. The molecule has 3 heterocycles. The maximum Gasteiger partial charge on any atom is 0.276 e. The van der Waals surface area contributed by atoms with Gasteiger partial charge < -0.3 is 14.6 Å². The second-order valence-corrected chi connectivity index (χ2v) is 3.74. The van der Waals surface area contributed by atoms with E-state index in [0.29, 0.717) is 30.6 Å². The van der Waals surface area contributed by atoms with E-state index in [9.17, 15) is 0 Å². The van der Waals surface area contributed by atoms with Crippen LogP contribution in [-0.4, -0.2) is 34.8 Å². The van der Waals surface area contributed by atoms with Crippen molar-refractivity contribution in [1.82, 2.24) is 20.4 Å². The summed E-state index contributed by atoms with van der Waals surface area (Å²) in [6.45, 7) is 2.24. The second kappa shape index (κ2) is 4.60. The van der Waals surface area contributed by atoms with Crippen molar-refractivity contribution in [3.05, 3.63) is 30.2 Å². The molecule has 1 atom stereocenters. The lowest BCUT2D eigenvalue weighted by Crippen LogP contribution is -2.33. The Kier molecular flexibility index (Phi) is 2.81. The van der Waals surface area contributed by atoms with E-state index >= 15 is 0 Å². The lowest BCUT2D eigenvalue weighted by Gasteiger charge is -2.20. The molecule has 1 fully saturated rings. The van der Waals surface area contributed by atoms with E-state index in [1.165, 1.54) is 0 Å². The third kappa shape index (κ3) is 2.17. The lowest BCUT2D eigenvalue weighted by atomic mass is 10.3. The maximum absolute atomic E-state index is 5.55. The van der Waals surface area contributed by atoms with Crippen LogP contribution in [0.15, 0.2) is 28.9 Å². The zero-order valence-corrected chi connectivity index (χ0v) is 9.17. The molecule has 6 heteroatoms. The van der Waals surface area contributed by atoms with Gasteiger partial charge in [0.05, 0.1) is 6.61 Å². The summed E-state index contributed by atoms with van der Waals surface area (Å²) in [5.74, 6) is 0.993. The highest BCUT2D eigenvalue weighted by molar-refractivity contribution is 5.45. The van der Waals surface area contributed by atoms with E-state index in [4.69, 9.17) is 9.26 Å². The first-order chi connectivity index (χ1) is 8.43. The third-order valence-corrected chi connectivity index (χ3v) is 2.54. The van der Waals surface area contributed by atoms with Crippen molar-refractivity contribution < 1.29 is 9.26 Å². The molecule has 2 aromatic rings. The van der Waals surface area contributed by atoms with Crippen LogP contribution in [0.25, 0.3) is 11.6 Å². The summed E-state index contributed by atoms with van der Waals surface area (Å²) in [7, 11) is 0. The molecule has 0 radical (unpaired) electrons. The highest BCUT2D eigenvalue weighted by Gasteiger charge is 2.22. The summed E-state index contributed by atoms with van der Waals surface area (Å²) in [6, 6.07) is 5.55. The van der Waals surface area contributed by atoms with Gasteiger partial charge in [0, 0.05) is 19.3 Å². The molecule has 0 amide bonds. The minimum absolute atomic E-state index is 0.134. The Labute approximate surface area is 98.0 Å². The van der Waals surface area contributed by atoms with E-state index in [1.807, 2.05) is 18.2 Å². The number of rotatable bonds is 2. The molecule has 1 aliphatic heterocycles. The van der Waals surface area contributed by atoms with Gasteiger partial charge in [0.25, 0.3) is 5.89 Å². The Morgan fingerprint density at radius 1 is 1.35 bits per heavy atom. The number of morpholine rings is 1. The average molecular weight is 232 g/mol. The van der Waals surface area contributed by atoms with E-state index < -0.39 is 0 Å². The zero-order valence-electron chi connectivity index (χ0n) is 9.17. The maximum atomic E-state index is 5.55. The summed E-state index contributed by atoms with van der Waals surface area (Å²) >= 11 is 0. The summed E-state index contributed by atoms with van der Waals surface area (Å²) in [5, 5.41) is 7.15. The predicted octanol–water partition coefficient (Wildman–Crippen LogP) is 0.792. The molecular formula is C11H12N4O2. The number of nitrogens with zero attached hydrogens (tertiary/aromatic N) is 3. The number of hydrogen-bond donors (Lipinski definition) is 1. The van der Waals surface area contributed by atoms with Gasteiger partial charge in [-0.3, -0.25) is 4.98 Å². The van der Waals surface area contributed by atoms with Crippen LogP contribution >= 0.6 is 0 Å². The Morgan fingerprint density at radius 3 is 3.12 bits per heavy atom. The normalized spacial score (nSPS) is 20.4. The summed E-state index contributed by atoms with van der Waals surface area (Å²) in [5.41, 5.74) is 0.676. The van der Waals surface area contributed by atoms with Gasteiger partial charge in [-0.25, -0.2) is 0 Å². The smallest absolute Gasteiger partial charge is 0.276 e. The minimum Gasteiger partial charge on any atom is -0.367 e. The predicted molar refractivity (Wildman–Crippen MR) is 59.1 cm³/mol. The van der Waals surface area contributed by atoms with Gasteiger partial charge in [-0.15, -0.1) is 0 Å². The second-order valence-electron chi connectivity index (χ2n) is 3.74. The molecule has 1 unspecified atom stereocenters. The largest absolute Gasteiger partial charge is 0.367 e. The standard InChI is InChI=1S/C11H12N4O2/c1-2-4-13-8(3-1)11-14-10(15-17-11)9-7-12-5-6-16-9/h1-4,9,12H,5-7H2. The van der Waals surface area contributed by atoms with Crippen LogP contribution in [-0.2, 0) is 4.74 Å². The first kappa shape index (κ1) is 10.4. The van der Waals surface area contributed by atoms with E-state index in [0.717, 1.165) is 6.54 Å².